The van der Waals surface area contributed by atoms with E-state index in [1.165, 1.54) is 34.2 Å². The fraction of sp³-hybridized carbons (Fsp3) is 0.368. The summed E-state index contributed by atoms with van der Waals surface area (Å²) in [5.41, 5.74) is -0.825. The van der Waals surface area contributed by atoms with E-state index in [1.54, 1.807) is 12.1 Å². The number of sulfonamides is 1. The fourth-order valence-corrected chi connectivity index (χ4v) is 5.60. The summed E-state index contributed by atoms with van der Waals surface area (Å²) in [5.74, 6) is -0.538. The number of amides is 1. The van der Waals surface area contributed by atoms with Crippen LogP contribution in [0.4, 0.5) is 19.0 Å². The van der Waals surface area contributed by atoms with Crippen molar-refractivity contribution in [1.29, 1.82) is 0 Å². The van der Waals surface area contributed by atoms with Crippen molar-refractivity contribution in [3.8, 4) is 0 Å². The lowest BCUT2D eigenvalue weighted by atomic mass is 10.2. The quantitative estimate of drug-likeness (QED) is 0.637. The zero-order chi connectivity index (χ0) is 22.4. The maximum atomic E-state index is 13.2. The molecule has 0 bridgehead atoms. The third-order valence-corrected chi connectivity index (χ3v) is 7.63. The number of nitrogens with zero attached hydrogens (tertiary/aromatic N) is 4. The van der Waals surface area contributed by atoms with Gasteiger partial charge >= 0.3 is 6.18 Å². The van der Waals surface area contributed by atoms with Gasteiger partial charge in [-0.1, -0.05) is 23.7 Å². The molecule has 0 N–H and O–H groups in total. The van der Waals surface area contributed by atoms with E-state index in [-0.39, 0.29) is 54.4 Å². The summed E-state index contributed by atoms with van der Waals surface area (Å²) in [6.45, 7) is 0.711. The zero-order valence-corrected chi connectivity index (χ0v) is 17.7. The molecule has 31 heavy (non-hydrogen) atoms. The van der Waals surface area contributed by atoms with Crippen LogP contribution in [0.5, 0.6) is 0 Å². The number of carbonyl (C=O) groups is 1. The Morgan fingerprint density at radius 1 is 1.06 bits per heavy atom. The van der Waals surface area contributed by atoms with Gasteiger partial charge in [0.05, 0.1) is 10.6 Å². The molecule has 0 unspecified atom stereocenters. The summed E-state index contributed by atoms with van der Waals surface area (Å²) in [4.78, 5) is 19.5. The fourth-order valence-electron chi connectivity index (χ4n) is 3.59. The van der Waals surface area contributed by atoms with Crippen LogP contribution in [-0.2, 0) is 21.0 Å². The van der Waals surface area contributed by atoms with Gasteiger partial charge < -0.3 is 9.80 Å². The van der Waals surface area contributed by atoms with Crippen LogP contribution in [0.25, 0.3) is 0 Å². The first-order chi connectivity index (χ1) is 14.6. The third-order valence-electron chi connectivity index (χ3n) is 5.26. The SMILES string of the molecule is O=C([C@@H]1C[N@]1S(=O)(=O)c1ccccc1Cl)N1CCN(c2ncccc2C(F)(F)F)CC1. The predicted molar refractivity (Wildman–Crippen MR) is 107 cm³/mol. The van der Waals surface area contributed by atoms with E-state index in [4.69, 9.17) is 11.6 Å². The smallest absolute Gasteiger partial charge is 0.353 e. The van der Waals surface area contributed by atoms with Gasteiger partial charge in [-0.3, -0.25) is 4.79 Å². The first kappa shape index (κ1) is 21.8. The molecular formula is C19H18ClF3N4O3S. The highest BCUT2D eigenvalue weighted by Gasteiger charge is 2.51. The molecule has 2 saturated heterocycles. The van der Waals surface area contributed by atoms with Gasteiger partial charge in [-0.2, -0.15) is 17.5 Å². The highest BCUT2D eigenvalue weighted by atomic mass is 35.5. The first-order valence-electron chi connectivity index (χ1n) is 9.43. The van der Waals surface area contributed by atoms with Crippen LogP contribution < -0.4 is 4.90 Å². The molecule has 2 aliphatic heterocycles. The first-order valence-corrected chi connectivity index (χ1v) is 11.2. The molecule has 1 aromatic carbocycles. The Bertz CT molecular complexity index is 1100. The molecule has 2 aromatic rings. The van der Waals surface area contributed by atoms with E-state index >= 15 is 0 Å². The van der Waals surface area contributed by atoms with Crippen molar-refractivity contribution in [2.24, 2.45) is 0 Å². The Labute approximate surface area is 182 Å². The van der Waals surface area contributed by atoms with Crippen molar-refractivity contribution >= 4 is 33.3 Å². The van der Waals surface area contributed by atoms with E-state index in [0.29, 0.717) is 0 Å². The highest BCUT2D eigenvalue weighted by molar-refractivity contribution is 7.89. The molecule has 2 aliphatic rings. The van der Waals surface area contributed by atoms with Crippen molar-refractivity contribution in [1.82, 2.24) is 14.2 Å². The summed E-state index contributed by atoms with van der Waals surface area (Å²) in [5, 5.41) is 0.0741. The number of alkyl halides is 3. The Balaban J connectivity index is 1.41. The van der Waals surface area contributed by atoms with Gasteiger partial charge in [0.1, 0.15) is 16.8 Å². The minimum atomic E-state index is -4.53. The second-order valence-corrected chi connectivity index (χ2v) is 9.47. The van der Waals surface area contributed by atoms with Gasteiger partial charge in [-0.15, -0.1) is 0 Å². The van der Waals surface area contributed by atoms with Crippen LogP contribution >= 0.6 is 11.6 Å². The molecule has 2 fully saturated rings. The summed E-state index contributed by atoms with van der Waals surface area (Å²) in [6.07, 6.45) is -3.23. The average molecular weight is 475 g/mol. The average Bonchev–Trinajstić information content (AvgIpc) is 3.55. The molecule has 0 saturated carbocycles. The Hall–Kier alpha value is -2.37. The number of anilines is 1. The van der Waals surface area contributed by atoms with Gasteiger partial charge in [0, 0.05) is 38.9 Å². The van der Waals surface area contributed by atoms with Gasteiger partial charge in [-0.05, 0) is 24.3 Å². The maximum Gasteiger partial charge on any atom is 0.419 e. The van der Waals surface area contributed by atoms with E-state index in [2.05, 4.69) is 4.98 Å². The van der Waals surface area contributed by atoms with Crippen LogP contribution in [0.15, 0.2) is 47.5 Å². The van der Waals surface area contributed by atoms with E-state index in [1.807, 2.05) is 0 Å². The number of hydrogen-bond acceptors (Lipinski definition) is 5. The molecule has 1 amide bonds. The number of carbonyl (C=O) groups excluding carboxylic acids is 1. The van der Waals surface area contributed by atoms with Crippen molar-refractivity contribution < 1.29 is 26.4 Å². The molecule has 7 nitrogen and oxygen atoms in total. The van der Waals surface area contributed by atoms with Gasteiger partial charge in [0.25, 0.3) is 0 Å². The second kappa shape index (κ2) is 7.95. The van der Waals surface area contributed by atoms with Crippen LogP contribution in [-0.4, -0.2) is 67.3 Å². The van der Waals surface area contributed by atoms with Crippen LogP contribution in [0.2, 0.25) is 5.02 Å². The summed E-state index contributed by atoms with van der Waals surface area (Å²) in [6, 6.07) is 7.37. The number of hydrogen-bond donors (Lipinski definition) is 0. The Kier molecular flexibility index (Phi) is 5.61. The number of piperazine rings is 1. The van der Waals surface area contributed by atoms with Crippen molar-refractivity contribution in [3.63, 3.8) is 0 Å². The summed E-state index contributed by atoms with van der Waals surface area (Å²) < 4.78 is 66.3. The molecule has 166 valence electrons. The Morgan fingerprint density at radius 3 is 2.39 bits per heavy atom. The zero-order valence-electron chi connectivity index (χ0n) is 16.1. The number of halogens is 4. The second-order valence-electron chi connectivity index (χ2n) is 7.21. The van der Waals surface area contributed by atoms with Crippen molar-refractivity contribution in [2.75, 3.05) is 37.6 Å². The van der Waals surface area contributed by atoms with E-state index in [9.17, 15) is 26.4 Å². The predicted octanol–water partition coefficient (Wildman–Crippen LogP) is 2.48. The van der Waals surface area contributed by atoms with E-state index in [0.717, 1.165) is 10.4 Å². The number of benzene rings is 1. The monoisotopic (exact) mass is 474 g/mol. The normalized spacial score (nSPS) is 21.8. The van der Waals surface area contributed by atoms with Gasteiger partial charge in [0.2, 0.25) is 15.9 Å². The number of rotatable bonds is 4. The topological polar surface area (TPSA) is 73.6 Å². The van der Waals surface area contributed by atoms with Crippen molar-refractivity contribution in [3.05, 3.63) is 53.2 Å². The summed E-state index contributed by atoms with van der Waals surface area (Å²) >= 11 is 5.98. The lowest BCUT2D eigenvalue weighted by Crippen LogP contribution is -2.51. The number of aromatic nitrogens is 1. The van der Waals surface area contributed by atoms with Crippen molar-refractivity contribution in [2.45, 2.75) is 17.1 Å². The molecule has 12 heteroatoms. The van der Waals surface area contributed by atoms with Crippen LogP contribution in [0.3, 0.4) is 0 Å². The Morgan fingerprint density at radius 2 is 1.74 bits per heavy atom. The van der Waals surface area contributed by atoms with Gasteiger partial charge in [-0.25, -0.2) is 13.4 Å². The molecule has 4 rings (SSSR count). The maximum absolute atomic E-state index is 13.2. The molecule has 0 aliphatic carbocycles. The third kappa shape index (κ3) is 4.21. The van der Waals surface area contributed by atoms with Crippen LogP contribution in [0, 0.1) is 0 Å². The molecule has 3 heterocycles. The largest absolute Gasteiger partial charge is 0.419 e. The lowest BCUT2D eigenvalue weighted by Gasteiger charge is -2.36. The lowest BCUT2D eigenvalue weighted by molar-refractivity contribution is -0.137. The summed E-state index contributed by atoms with van der Waals surface area (Å²) in [7, 11) is -3.90. The molecular weight excluding hydrogens is 457 g/mol. The standard InChI is InChI=1S/C19H18ClF3N4O3S/c20-14-5-1-2-6-16(14)31(29,30)27-12-15(27)18(28)26-10-8-25(9-11-26)17-13(19(21,22)23)4-3-7-24-17/h1-7,15H,8-12H2/t15-,27-/m0/s1. The molecule has 1 aromatic heterocycles. The number of pyridine rings is 1. The molecule has 0 spiro atoms. The van der Waals surface area contributed by atoms with Gasteiger partial charge in [0.15, 0.2) is 0 Å². The molecule has 0 radical (unpaired) electrons. The minimum absolute atomic E-state index is 0.0467. The minimum Gasteiger partial charge on any atom is -0.353 e. The van der Waals surface area contributed by atoms with E-state index < -0.39 is 27.8 Å². The van der Waals surface area contributed by atoms with Crippen LogP contribution in [0.1, 0.15) is 5.56 Å². The molecule has 2 atom stereocenters. The highest BCUT2D eigenvalue weighted by Crippen LogP contribution is 2.36.